The van der Waals surface area contributed by atoms with E-state index in [2.05, 4.69) is 24.1 Å². The van der Waals surface area contributed by atoms with E-state index < -0.39 is 0 Å². The number of para-hydroxylation sites is 2. The van der Waals surface area contributed by atoms with Gasteiger partial charge in [-0.3, -0.25) is 4.79 Å². The van der Waals surface area contributed by atoms with Crippen molar-refractivity contribution in [1.29, 1.82) is 0 Å². The highest BCUT2D eigenvalue weighted by Gasteiger charge is 2.12. The van der Waals surface area contributed by atoms with Crippen LogP contribution < -0.4 is 11.1 Å². The van der Waals surface area contributed by atoms with Crippen LogP contribution in [0.4, 0.5) is 11.4 Å². The minimum atomic E-state index is -0.218. The number of hydrogen-bond donors (Lipinski definition) is 2. The standard InChI is InChI=1S/C14H17N3OS/c1-9(2)7-13-16-12(8-19-13)14(18)17-11-6-4-3-5-10(11)15/h3-6,8-9H,7,15H2,1-2H3,(H,17,18). The molecule has 0 aliphatic heterocycles. The maximum absolute atomic E-state index is 12.0. The molecular formula is C14H17N3OS. The molecule has 1 aromatic carbocycles. The van der Waals surface area contributed by atoms with E-state index >= 15 is 0 Å². The normalized spacial score (nSPS) is 10.7. The summed E-state index contributed by atoms with van der Waals surface area (Å²) in [7, 11) is 0. The Balaban J connectivity index is 2.08. The van der Waals surface area contributed by atoms with Crippen LogP contribution in [0.25, 0.3) is 0 Å². The zero-order valence-electron chi connectivity index (χ0n) is 11.0. The van der Waals surface area contributed by atoms with Gasteiger partial charge >= 0.3 is 0 Å². The highest BCUT2D eigenvalue weighted by Crippen LogP contribution is 2.19. The second-order valence-corrected chi connectivity index (χ2v) is 5.71. The van der Waals surface area contributed by atoms with E-state index in [1.54, 1.807) is 17.5 Å². The van der Waals surface area contributed by atoms with Crippen LogP contribution in [0.3, 0.4) is 0 Å². The first-order valence-electron chi connectivity index (χ1n) is 6.16. The van der Waals surface area contributed by atoms with Gasteiger partial charge in [0, 0.05) is 11.8 Å². The van der Waals surface area contributed by atoms with Gasteiger partial charge < -0.3 is 11.1 Å². The number of nitrogens with one attached hydrogen (secondary N) is 1. The number of carbonyl (C=O) groups is 1. The zero-order chi connectivity index (χ0) is 13.8. The van der Waals surface area contributed by atoms with Crippen LogP contribution >= 0.6 is 11.3 Å². The molecule has 4 nitrogen and oxygen atoms in total. The summed E-state index contributed by atoms with van der Waals surface area (Å²) in [5.74, 6) is 0.316. The summed E-state index contributed by atoms with van der Waals surface area (Å²) in [6.07, 6.45) is 0.894. The molecule has 0 spiro atoms. The second kappa shape index (κ2) is 5.84. The Bertz CT molecular complexity index is 578. The van der Waals surface area contributed by atoms with Gasteiger partial charge in [-0.1, -0.05) is 26.0 Å². The minimum Gasteiger partial charge on any atom is -0.397 e. The van der Waals surface area contributed by atoms with Crippen molar-refractivity contribution >= 4 is 28.6 Å². The number of carbonyl (C=O) groups excluding carboxylic acids is 1. The monoisotopic (exact) mass is 275 g/mol. The summed E-state index contributed by atoms with van der Waals surface area (Å²) in [6.45, 7) is 4.26. The summed E-state index contributed by atoms with van der Waals surface area (Å²) in [5, 5.41) is 5.54. The maximum Gasteiger partial charge on any atom is 0.275 e. The van der Waals surface area contributed by atoms with Crippen LogP contribution in [0, 0.1) is 5.92 Å². The van der Waals surface area contributed by atoms with Gasteiger partial charge in [0.15, 0.2) is 0 Å². The van der Waals surface area contributed by atoms with Gasteiger partial charge in [0.1, 0.15) is 5.69 Å². The van der Waals surface area contributed by atoms with Gasteiger partial charge in [-0.05, 0) is 18.1 Å². The third-order valence-electron chi connectivity index (χ3n) is 2.58. The molecule has 0 saturated heterocycles. The number of rotatable bonds is 4. The van der Waals surface area contributed by atoms with Crippen molar-refractivity contribution in [1.82, 2.24) is 4.98 Å². The van der Waals surface area contributed by atoms with Gasteiger partial charge in [-0.25, -0.2) is 4.98 Å². The maximum atomic E-state index is 12.0. The van der Waals surface area contributed by atoms with Gasteiger partial charge in [-0.2, -0.15) is 0 Å². The van der Waals surface area contributed by atoms with Gasteiger partial charge in [0.25, 0.3) is 5.91 Å². The van der Waals surface area contributed by atoms with Crippen molar-refractivity contribution in [2.24, 2.45) is 5.92 Å². The average molecular weight is 275 g/mol. The molecular weight excluding hydrogens is 258 g/mol. The van der Waals surface area contributed by atoms with Gasteiger partial charge in [0.05, 0.1) is 16.4 Å². The fourth-order valence-corrected chi connectivity index (χ4v) is 2.64. The summed E-state index contributed by atoms with van der Waals surface area (Å²) in [4.78, 5) is 16.4. The molecule has 5 heteroatoms. The number of hydrogen-bond acceptors (Lipinski definition) is 4. The number of amides is 1. The second-order valence-electron chi connectivity index (χ2n) is 4.77. The van der Waals surface area contributed by atoms with E-state index in [9.17, 15) is 4.79 Å². The fraction of sp³-hybridized carbons (Fsp3) is 0.286. The number of benzene rings is 1. The van der Waals surface area contributed by atoms with Crippen LogP contribution in [0.2, 0.25) is 0 Å². The molecule has 1 aromatic heterocycles. The van der Waals surface area contributed by atoms with E-state index in [1.807, 2.05) is 12.1 Å². The van der Waals surface area contributed by atoms with Crippen molar-refractivity contribution in [3.63, 3.8) is 0 Å². The Kier molecular flexibility index (Phi) is 4.16. The Morgan fingerprint density at radius 2 is 2.16 bits per heavy atom. The van der Waals surface area contributed by atoms with E-state index in [0.717, 1.165) is 11.4 Å². The highest BCUT2D eigenvalue weighted by molar-refractivity contribution is 7.09. The summed E-state index contributed by atoms with van der Waals surface area (Å²) in [5.41, 5.74) is 7.40. The number of nitrogens with zero attached hydrogens (tertiary/aromatic N) is 1. The lowest BCUT2D eigenvalue weighted by Gasteiger charge is -2.05. The molecule has 3 N–H and O–H groups in total. The predicted molar refractivity (Wildman–Crippen MR) is 79.5 cm³/mol. The van der Waals surface area contributed by atoms with Crippen LogP contribution in [0.5, 0.6) is 0 Å². The molecule has 0 atom stereocenters. The summed E-state index contributed by atoms with van der Waals surface area (Å²) in [6, 6.07) is 7.18. The van der Waals surface area contributed by atoms with E-state index in [-0.39, 0.29) is 5.91 Å². The molecule has 0 aliphatic rings. The molecule has 1 amide bonds. The van der Waals surface area contributed by atoms with Crippen LogP contribution in [-0.4, -0.2) is 10.9 Å². The average Bonchev–Trinajstić information content (AvgIpc) is 2.79. The molecule has 100 valence electrons. The smallest absolute Gasteiger partial charge is 0.275 e. The minimum absolute atomic E-state index is 0.218. The Morgan fingerprint density at radius 3 is 2.84 bits per heavy atom. The Labute approximate surface area is 116 Å². The number of anilines is 2. The molecule has 2 rings (SSSR count). The lowest BCUT2D eigenvalue weighted by Crippen LogP contribution is -2.13. The predicted octanol–water partition coefficient (Wildman–Crippen LogP) is 3.18. The lowest BCUT2D eigenvalue weighted by atomic mass is 10.1. The van der Waals surface area contributed by atoms with E-state index in [4.69, 9.17) is 5.73 Å². The Morgan fingerprint density at radius 1 is 1.42 bits per heavy atom. The molecule has 0 fully saturated rings. The van der Waals surface area contributed by atoms with E-state index in [1.165, 1.54) is 11.3 Å². The number of thiazole rings is 1. The molecule has 1 heterocycles. The van der Waals surface area contributed by atoms with Gasteiger partial charge in [0.2, 0.25) is 0 Å². The Hall–Kier alpha value is -1.88. The first-order chi connectivity index (χ1) is 9.06. The fourth-order valence-electron chi connectivity index (χ4n) is 1.66. The third-order valence-corrected chi connectivity index (χ3v) is 3.45. The SMILES string of the molecule is CC(C)Cc1nc(C(=O)Nc2ccccc2N)cs1. The quantitative estimate of drug-likeness (QED) is 0.842. The number of nitrogens with two attached hydrogens (primary N) is 1. The molecule has 19 heavy (non-hydrogen) atoms. The first kappa shape index (κ1) is 13.5. The summed E-state index contributed by atoms with van der Waals surface area (Å²) < 4.78 is 0. The first-order valence-corrected chi connectivity index (χ1v) is 7.04. The highest BCUT2D eigenvalue weighted by atomic mass is 32.1. The van der Waals surface area contributed by atoms with Crippen LogP contribution in [0.1, 0.15) is 29.3 Å². The largest absolute Gasteiger partial charge is 0.397 e. The summed E-state index contributed by atoms with van der Waals surface area (Å²) >= 11 is 1.52. The number of aromatic nitrogens is 1. The topological polar surface area (TPSA) is 68.0 Å². The lowest BCUT2D eigenvalue weighted by molar-refractivity contribution is 0.102. The molecule has 0 radical (unpaired) electrons. The van der Waals surface area contributed by atoms with Crippen molar-refractivity contribution in [2.45, 2.75) is 20.3 Å². The van der Waals surface area contributed by atoms with Crippen LogP contribution in [-0.2, 0) is 6.42 Å². The van der Waals surface area contributed by atoms with E-state index in [0.29, 0.717) is 23.0 Å². The van der Waals surface area contributed by atoms with Crippen molar-refractivity contribution < 1.29 is 4.79 Å². The number of nitrogen functional groups attached to an aromatic ring is 1. The van der Waals surface area contributed by atoms with Crippen LogP contribution in [0.15, 0.2) is 29.6 Å². The third kappa shape index (κ3) is 3.54. The molecule has 0 bridgehead atoms. The van der Waals surface area contributed by atoms with Crippen molar-refractivity contribution in [3.05, 3.63) is 40.3 Å². The zero-order valence-corrected chi connectivity index (χ0v) is 11.8. The van der Waals surface area contributed by atoms with Crippen molar-refractivity contribution in [3.8, 4) is 0 Å². The molecule has 2 aromatic rings. The van der Waals surface area contributed by atoms with Crippen molar-refractivity contribution in [2.75, 3.05) is 11.1 Å². The van der Waals surface area contributed by atoms with Gasteiger partial charge in [-0.15, -0.1) is 11.3 Å². The molecule has 0 saturated carbocycles. The molecule has 0 aliphatic carbocycles. The molecule has 0 unspecified atom stereocenters.